The second-order valence-corrected chi connectivity index (χ2v) is 4.78. The number of methoxy groups -OCH3 is 2. The third-order valence-corrected chi connectivity index (χ3v) is 3.58. The number of hydrogen-bond acceptors (Lipinski definition) is 4. The molecule has 1 heterocycles. The van der Waals surface area contributed by atoms with Gasteiger partial charge in [-0.05, 0) is 12.1 Å². The Hall–Kier alpha value is -2.33. The molecule has 3 rings (SSSR count). The highest BCUT2D eigenvalue weighted by atomic mass is 35.5. The van der Waals surface area contributed by atoms with Crippen molar-refractivity contribution in [2.75, 3.05) is 14.2 Å². The summed E-state index contributed by atoms with van der Waals surface area (Å²) in [4.78, 5) is 0. The lowest BCUT2D eigenvalue weighted by atomic mass is 10.0. The average molecular weight is 301 g/mol. The van der Waals surface area contributed by atoms with Gasteiger partial charge in [0.15, 0.2) is 16.7 Å². The maximum Gasteiger partial charge on any atom is 0.170 e. The maximum absolute atomic E-state index is 6.12. The second-order valence-electron chi connectivity index (χ2n) is 4.43. The molecule has 0 aliphatic rings. The van der Waals surface area contributed by atoms with Crippen molar-refractivity contribution in [3.8, 4) is 22.8 Å². The smallest absolute Gasteiger partial charge is 0.170 e. The van der Waals surface area contributed by atoms with Crippen molar-refractivity contribution in [1.29, 1.82) is 0 Å². The SMILES string of the molecule is COc1cccc(-c2nnc(Cl)c3ccccc23)c1OC. The molecule has 0 aliphatic carbocycles. The van der Waals surface area contributed by atoms with E-state index in [1.165, 1.54) is 0 Å². The molecule has 0 fully saturated rings. The van der Waals surface area contributed by atoms with E-state index in [2.05, 4.69) is 10.2 Å². The van der Waals surface area contributed by atoms with Gasteiger partial charge in [0.1, 0.15) is 5.69 Å². The van der Waals surface area contributed by atoms with Gasteiger partial charge in [0, 0.05) is 16.3 Å². The number of ether oxygens (including phenoxy) is 2. The largest absolute Gasteiger partial charge is 0.493 e. The lowest BCUT2D eigenvalue weighted by molar-refractivity contribution is 0.356. The molecule has 4 nitrogen and oxygen atoms in total. The number of fused-ring (bicyclic) bond motifs is 1. The van der Waals surface area contributed by atoms with Crippen LogP contribution in [0.15, 0.2) is 42.5 Å². The fraction of sp³-hybridized carbons (Fsp3) is 0.125. The highest BCUT2D eigenvalue weighted by molar-refractivity contribution is 6.34. The summed E-state index contributed by atoms with van der Waals surface area (Å²) in [5.74, 6) is 1.28. The van der Waals surface area contributed by atoms with Crippen LogP contribution in [0.1, 0.15) is 0 Å². The van der Waals surface area contributed by atoms with Gasteiger partial charge in [-0.3, -0.25) is 0 Å². The van der Waals surface area contributed by atoms with Crippen molar-refractivity contribution in [3.05, 3.63) is 47.6 Å². The van der Waals surface area contributed by atoms with Crippen LogP contribution in [-0.4, -0.2) is 24.4 Å². The van der Waals surface area contributed by atoms with E-state index in [0.717, 1.165) is 16.3 Å². The van der Waals surface area contributed by atoms with E-state index < -0.39 is 0 Å². The van der Waals surface area contributed by atoms with Crippen LogP contribution in [0, 0.1) is 0 Å². The summed E-state index contributed by atoms with van der Waals surface area (Å²) >= 11 is 6.12. The molecule has 3 aromatic rings. The van der Waals surface area contributed by atoms with Crippen LogP contribution in [0.2, 0.25) is 5.15 Å². The number of rotatable bonds is 3. The summed E-state index contributed by atoms with van der Waals surface area (Å²) in [6.45, 7) is 0. The molecular weight excluding hydrogens is 288 g/mol. The molecule has 0 amide bonds. The molecule has 0 saturated carbocycles. The molecule has 0 N–H and O–H groups in total. The first kappa shape index (κ1) is 13.6. The van der Waals surface area contributed by atoms with Crippen molar-refractivity contribution in [3.63, 3.8) is 0 Å². The first-order valence-electron chi connectivity index (χ1n) is 6.38. The lowest BCUT2D eigenvalue weighted by Gasteiger charge is -2.13. The minimum Gasteiger partial charge on any atom is -0.493 e. The Kier molecular flexibility index (Phi) is 3.62. The highest BCUT2D eigenvalue weighted by Crippen LogP contribution is 2.39. The standard InChI is InChI=1S/C16H13ClN2O2/c1-20-13-9-5-8-12(15(13)21-2)14-10-6-3-4-7-11(10)16(17)19-18-14/h3-9H,1-2H3. The monoisotopic (exact) mass is 300 g/mol. The Bertz CT molecular complexity index is 805. The molecule has 0 bridgehead atoms. The van der Waals surface area contributed by atoms with Crippen LogP contribution >= 0.6 is 11.6 Å². The fourth-order valence-electron chi connectivity index (χ4n) is 2.34. The van der Waals surface area contributed by atoms with E-state index in [0.29, 0.717) is 22.3 Å². The van der Waals surface area contributed by atoms with Crippen LogP contribution < -0.4 is 9.47 Å². The first-order valence-corrected chi connectivity index (χ1v) is 6.76. The van der Waals surface area contributed by atoms with Crippen LogP contribution in [0.25, 0.3) is 22.0 Å². The van der Waals surface area contributed by atoms with Gasteiger partial charge < -0.3 is 9.47 Å². The number of hydrogen-bond donors (Lipinski definition) is 0. The fourth-order valence-corrected chi connectivity index (χ4v) is 2.55. The number of nitrogens with zero attached hydrogens (tertiary/aromatic N) is 2. The summed E-state index contributed by atoms with van der Waals surface area (Å²) in [6, 6.07) is 13.4. The summed E-state index contributed by atoms with van der Waals surface area (Å²) in [7, 11) is 3.21. The zero-order chi connectivity index (χ0) is 14.8. The summed E-state index contributed by atoms with van der Waals surface area (Å²) < 4.78 is 10.8. The zero-order valence-electron chi connectivity index (χ0n) is 11.6. The molecule has 0 aliphatic heterocycles. The summed E-state index contributed by atoms with van der Waals surface area (Å²) in [5, 5.41) is 10.4. The Morgan fingerprint density at radius 3 is 2.33 bits per heavy atom. The minimum absolute atomic E-state index is 0.385. The molecule has 2 aromatic carbocycles. The van der Waals surface area contributed by atoms with Gasteiger partial charge in [0.05, 0.1) is 14.2 Å². The predicted octanol–water partition coefficient (Wildman–Crippen LogP) is 3.97. The molecule has 0 spiro atoms. The van der Waals surface area contributed by atoms with Gasteiger partial charge in [0.2, 0.25) is 0 Å². The summed E-state index contributed by atoms with van der Waals surface area (Å²) in [6.07, 6.45) is 0. The zero-order valence-corrected chi connectivity index (χ0v) is 12.4. The third-order valence-electron chi connectivity index (χ3n) is 3.30. The second kappa shape index (κ2) is 5.58. The van der Waals surface area contributed by atoms with Crippen LogP contribution in [0.3, 0.4) is 0 Å². The van der Waals surface area contributed by atoms with E-state index in [4.69, 9.17) is 21.1 Å². The molecule has 5 heteroatoms. The topological polar surface area (TPSA) is 44.2 Å². The predicted molar refractivity (Wildman–Crippen MR) is 83.1 cm³/mol. The molecule has 0 unspecified atom stereocenters. The van der Waals surface area contributed by atoms with Crippen LogP contribution in [-0.2, 0) is 0 Å². The Balaban J connectivity index is 2.34. The van der Waals surface area contributed by atoms with Gasteiger partial charge in [0.25, 0.3) is 0 Å². The molecule has 0 radical (unpaired) electrons. The van der Waals surface area contributed by atoms with Crippen molar-refractivity contribution in [1.82, 2.24) is 10.2 Å². The van der Waals surface area contributed by atoms with Gasteiger partial charge in [-0.15, -0.1) is 10.2 Å². The molecule has 106 valence electrons. The van der Waals surface area contributed by atoms with E-state index in [1.807, 2.05) is 42.5 Å². The van der Waals surface area contributed by atoms with Crippen LogP contribution in [0.4, 0.5) is 0 Å². The lowest BCUT2D eigenvalue weighted by Crippen LogP contribution is -1.96. The Labute approximate surface area is 127 Å². The van der Waals surface area contributed by atoms with Crippen molar-refractivity contribution in [2.24, 2.45) is 0 Å². The molecule has 21 heavy (non-hydrogen) atoms. The van der Waals surface area contributed by atoms with Gasteiger partial charge >= 0.3 is 0 Å². The summed E-state index contributed by atoms with van der Waals surface area (Å²) in [5.41, 5.74) is 1.53. The number of halogens is 1. The Morgan fingerprint density at radius 1 is 0.857 bits per heavy atom. The molecular formula is C16H13ClN2O2. The highest BCUT2D eigenvalue weighted by Gasteiger charge is 2.16. The number of para-hydroxylation sites is 1. The van der Waals surface area contributed by atoms with Crippen LogP contribution in [0.5, 0.6) is 11.5 Å². The number of benzene rings is 2. The van der Waals surface area contributed by atoms with E-state index in [-0.39, 0.29) is 0 Å². The van der Waals surface area contributed by atoms with Gasteiger partial charge in [-0.1, -0.05) is 41.9 Å². The molecule has 0 saturated heterocycles. The van der Waals surface area contributed by atoms with Crippen molar-refractivity contribution in [2.45, 2.75) is 0 Å². The first-order chi connectivity index (χ1) is 10.3. The van der Waals surface area contributed by atoms with Crippen molar-refractivity contribution < 1.29 is 9.47 Å². The van der Waals surface area contributed by atoms with E-state index >= 15 is 0 Å². The molecule has 1 aromatic heterocycles. The average Bonchev–Trinajstić information content (AvgIpc) is 2.54. The Morgan fingerprint density at radius 2 is 1.62 bits per heavy atom. The van der Waals surface area contributed by atoms with E-state index in [9.17, 15) is 0 Å². The quantitative estimate of drug-likeness (QED) is 0.734. The minimum atomic E-state index is 0.385. The van der Waals surface area contributed by atoms with Gasteiger partial charge in [-0.2, -0.15) is 0 Å². The number of aromatic nitrogens is 2. The molecule has 0 atom stereocenters. The normalized spacial score (nSPS) is 10.6. The van der Waals surface area contributed by atoms with Gasteiger partial charge in [-0.25, -0.2) is 0 Å². The maximum atomic E-state index is 6.12. The third kappa shape index (κ3) is 2.28. The van der Waals surface area contributed by atoms with Crippen molar-refractivity contribution >= 4 is 22.4 Å². The van der Waals surface area contributed by atoms with E-state index in [1.54, 1.807) is 14.2 Å².